The van der Waals surface area contributed by atoms with E-state index in [1.165, 1.54) is 13.2 Å². The van der Waals surface area contributed by atoms with Crippen LogP contribution in [0, 0.1) is 11.3 Å². The molecule has 0 aliphatic rings. The molecule has 0 bridgehead atoms. The van der Waals surface area contributed by atoms with Crippen LogP contribution in [0.2, 0.25) is 5.02 Å². The Hall–Kier alpha value is -4.08. The molecule has 7 heteroatoms. The van der Waals surface area contributed by atoms with E-state index in [2.05, 4.69) is 10.6 Å². The maximum absolute atomic E-state index is 12.5. The van der Waals surface area contributed by atoms with Crippen LogP contribution in [-0.2, 0) is 4.79 Å². The Morgan fingerprint density at radius 1 is 0.968 bits per heavy atom. The molecular formula is C24H18ClN3O3. The van der Waals surface area contributed by atoms with E-state index < -0.39 is 5.91 Å². The van der Waals surface area contributed by atoms with Crippen LogP contribution in [-0.4, -0.2) is 18.9 Å². The molecule has 0 saturated carbocycles. The van der Waals surface area contributed by atoms with Gasteiger partial charge in [-0.3, -0.25) is 9.59 Å². The average Bonchev–Trinajstić information content (AvgIpc) is 2.78. The van der Waals surface area contributed by atoms with Gasteiger partial charge in [-0.2, -0.15) is 5.26 Å². The van der Waals surface area contributed by atoms with Crippen molar-refractivity contribution in [1.82, 2.24) is 0 Å². The minimum atomic E-state index is -0.550. The lowest BCUT2D eigenvalue weighted by molar-refractivity contribution is -0.112. The van der Waals surface area contributed by atoms with Crippen molar-refractivity contribution in [3.63, 3.8) is 0 Å². The molecule has 6 nitrogen and oxygen atoms in total. The van der Waals surface area contributed by atoms with Crippen molar-refractivity contribution in [2.24, 2.45) is 0 Å². The number of methoxy groups -OCH3 is 1. The lowest BCUT2D eigenvalue weighted by Gasteiger charge is -2.08. The normalized spacial score (nSPS) is 10.7. The summed E-state index contributed by atoms with van der Waals surface area (Å²) < 4.78 is 5.13. The second kappa shape index (κ2) is 10.1. The summed E-state index contributed by atoms with van der Waals surface area (Å²) in [6.07, 6.45) is 1.45. The van der Waals surface area contributed by atoms with E-state index in [-0.39, 0.29) is 11.5 Å². The summed E-state index contributed by atoms with van der Waals surface area (Å²) in [4.78, 5) is 24.9. The number of hydrogen-bond donors (Lipinski definition) is 2. The minimum Gasteiger partial charge on any atom is -0.497 e. The molecule has 0 unspecified atom stereocenters. The first-order valence-corrected chi connectivity index (χ1v) is 9.60. The number of hydrogen-bond acceptors (Lipinski definition) is 4. The van der Waals surface area contributed by atoms with Crippen molar-refractivity contribution < 1.29 is 14.3 Å². The van der Waals surface area contributed by atoms with E-state index >= 15 is 0 Å². The van der Waals surface area contributed by atoms with Gasteiger partial charge in [-0.15, -0.1) is 0 Å². The summed E-state index contributed by atoms with van der Waals surface area (Å²) in [5.41, 5.74) is 2.00. The van der Waals surface area contributed by atoms with Crippen LogP contribution in [0.25, 0.3) is 6.08 Å². The smallest absolute Gasteiger partial charge is 0.266 e. The Morgan fingerprint density at radius 2 is 1.65 bits per heavy atom. The maximum atomic E-state index is 12.5. The first-order chi connectivity index (χ1) is 15.0. The van der Waals surface area contributed by atoms with E-state index in [1.54, 1.807) is 72.8 Å². The van der Waals surface area contributed by atoms with Crippen molar-refractivity contribution in [2.45, 2.75) is 0 Å². The lowest BCUT2D eigenvalue weighted by Crippen LogP contribution is -2.13. The fourth-order valence-corrected chi connectivity index (χ4v) is 2.85. The summed E-state index contributed by atoms with van der Waals surface area (Å²) >= 11 is 5.85. The maximum Gasteiger partial charge on any atom is 0.266 e. The Bertz CT molecular complexity index is 1180. The largest absolute Gasteiger partial charge is 0.497 e. The summed E-state index contributed by atoms with van der Waals surface area (Å²) in [6, 6.07) is 22.1. The second-order valence-electron chi connectivity index (χ2n) is 6.44. The lowest BCUT2D eigenvalue weighted by atomic mass is 10.1. The van der Waals surface area contributed by atoms with Crippen LogP contribution >= 0.6 is 11.6 Å². The predicted molar refractivity (Wildman–Crippen MR) is 121 cm³/mol. The topological polar surface area (TPSA) is 91.2 Å². The number of halogens is 1. The van der Waals surface area contributed by atoms with Crippen molar-refractivity contribution >= 4 is 40.9 Å². The van der Waals surface area contributed by atoms with E-state index in [1.807, 2.05) is 6.07 Å². The third kappa shape index (κ3) is 5.95. The molecule has 0 atom stereocenters. The zero-order chi connectivity index (χ0) is 22.2. The Balaban J connectivity index is 1.75. The van der Waals surface area contributed by atoms with Gasteiger partial charge >= 0.3 is 0 Å². The summed E-state index contributed by atoms with van der Waals surface area (Å²) in [6.45, 7) is 0. The van der Waals surface area contributed by atoms with Gasteiger partial charge in [0.25, 0.3) is 11.8 Å². The van der Waals surface area contributed by atoms with Gasteiger partial charge in [0.2, 0.25) is 0 Å². The first kappa shape index (κ1) is 21.6. The van der Waals surface area contributed by atoms with Gasteiger partial charge in [-0.1, -0.05) is 29.8 Å². The SMILES string of the molecule is COc1cccc(NC(=O)/C(C#N)=C/c2cccc(NC(=O)c3ccc(Cl)cc3)c2)c1. The van der Waals surface area contributed by atoms with Gasteiger partial charge in [-0.25, -0.2) is 0 Å². The zero-order valence-electron chi connectivity index (χ0n) is 16.6. The molecule has 0 fully saturated rings. The molecule has 2 N–H and O–H groups in total. The number of anilines is 2. The van der Waals surface area contributed by atoms with Crippen molar-refractivity contribution in [2.75, 3.05) is 17.7 Å². The molecule has 3 aromatic rings. The molecule has 2 amide bonds. The predicted octanol–water partition coefficient (Wildman–Crippen LogP) is 5.15. The molecule has 0 radical (unpaired) electrons. The third-order valence-corrected chi connectivity index (χ3v) is 4.51. The van der Waals surface area contributed by atoms with Crippen molar-refractivity contribution in [3.8, 4) is 11.8 Å². The van der Waals surface area contributed by atoms with Gasteiger partial charge < -0.3 is 15.4 Å². The van der Waals surface area contributed by atoms with E-state index in [9.17, 15) is 14.9 Å². The Labute approximate surface area is 184 Å². The molecule has 0 heterocycles. The number of carbonyl (C=O) groups is 2. The highest BCUT2D eigenvalue weighted by atomic mass is 35.5. The van der Waals surface area contributed by atoms with Gasteiger partial charge in [-0.05, 0) is 60.2 Å². The number of nitrogens with one attached hydrogen (secondary N) is 2. The average molecular weight is 432 g/mol. The molecule has 0 aromatic heterocycles. The van der Waals surface area contributed by atoms with Gasteiger partial charge in [0.05, 0.1) is 7.11 Å². The fourth-order valence-electron chi connectivity index (χ4n) is 2.73. The highest BCUT2D eigenvalue weighted by Gasteiger charge is 2.11. The molecule has 0 saturated heterocycles. The molecule has 0 aliphatic carbocycles. The third-order valence-electron chi connectivity index (χ3n) is 4.25. The van der Waals surface area contributed by atoms with E-state index in [0.29, 0.717) is 33.3 Å². The first-order valence-electron chi connectivity index (χ1n) is 9.22. The van der Waals surface area contributed by atoms with E-state index in [0.717, 1.165) is 0 Å². The number of nitriles is 1. The Kier molecular flexibility index (Phi) is 7.05. The van der Waals surface area contributed by atoms with E-state index in [4.69, 9.17) is 16.3 Å². The molecule has 0 spiro atoms. The van der Waals surface area contributed by atoms with Crippen LogP contribution in [0.3, 0.4) is 0 Å². The van der Waals surface area contributed by atoms with Crippen LogP contribution in [0.15, 0.2) is 78.4 Å². The van der Waals surface area contributed by atoms with Crippen LogP contribution in [0.4, 0.5) is 11.4 Å². The number of benzene rings is 3. The number of nitrogens with zero attached hydrogens (tertiary/aromatic N) is 1. The van der Waals surface area contributed by atoms with Crippen LogP contribution in [0.1, 0.15) is 15.9 Å². The van der Waals surface area contributed by atoms with Gasteiger partial charge in [0, 0.05) is 28.0 Å². The number of rotatable bonds is 6. The standard InChI is InChI=1S/C24H18ClN3O3/c1-31-22-7-3-6-21(14-22)28-24(30)18(15-26)12-16-4-2-5-20(13-16)27-23(29)17-8-10-19(25)11-9-17/h2-14H,1H3,(H,27,29)(H,28,30)/b18-12+. The zero-order valence-corrected chi connectivity index (χ0v) is 17.3. The van der Waals surface area contributed by atoms with Crippen molar-refractivity contribution in [3.05, 3.63) is 94.5 Å². The summed E-state index contributed by atoms with van der Waals surface area (Å²) in [5, 5.41) is 15.4. The Morgan fingerprint density at radius 3 is 2.32 bits per heavy atom. The molecule has 154 valence electrons. The van der Waals surface area contributed by atoms with Gasteiger partial charge in [0.1, 0.15) is 17.4 Å². The number of ether oxygens (including phenoxy) is 1. The summed E-state index contributed by atoms with van der Waals surface area (Å²) in [5.74, 6) is -0.259. The highest BCUT2D eigenvalue weighted by molar-refractivity contribution is 6.30. The fraction of sp³-hybridized carbons (Fsp3) is 0.0417. The molecule has 3 aromatic carbocycles. The van der Waals surface area contributed by atoms with Crippen LogP contribution in [0.5, 0.6) is 5.75 Å². The van der Waals surface area contributed by atoms with Crippen molar-refractivity contribution in [1.29, 1.82) is 5.26 Å². The molecular weight excluding hydrogens is 414 g/mol. The highest BCUT2D eigenvalue weighted by Crippen LogP contribution is 2.19. The number of carbonyl (C=O) groups excluding carboxylic acids is 2. The van der Waals surface area contributed by atoms with Gasteiger partial charge in [0.15, 0.2) is 0 Å². The molecule has 3 rings (SSSR count). The second-order valence-corrected chi connectivity index (χ2v) is 6.88. The summed E-state index contributed by atoms with van der Waals surface area (Å²) in [7, 11) is 1.53. The monoisotopic (exact) mass is 431 g/mol. The molecule has 0 aliphatic heterocycles. The number of amides is 2. The quantitative estimate of drug-likeness (QED) is 0.417. The molecule has 31 heavy (non-hydrogen) atoms. The van der Waals surface area contributed by atoms with Crippen LogP contribution < -0.4 is 15.4 Å². The minimum absolute atomic E-state index is 0.0796.